The van der Waals surface area contributed by atoms with Gasteiger partial charge in [-0.15, -0.1) is 0 Å². The van der Waals surface area contributed by atoms with E-state index >= 15 is 0 Å². The molecule has 0 amide bonds. The topological polar surface area (TPSA) is 67.5 Å². The van der Waals surface area contributed by atoms with Gasteiger partial charge in [-0.1, -0.05) is 56.7 Å². The maximum atomic E-state index is 10.6. The summed E-state index contributed by atoms with van der Waals surface area (Å²) < 4.78 is 35.3. The Morgan fingerprint density at radius 3 is 2.17 bits per heavy atom. The Hall–Kier alpha value is -1.33. The maximum absolute atomic E-state index is 10.6. The summed E-state index contributed by atoms with van der Waals surface area (Å²) in [7, 11) is -3.77. The fraction of sp³-hybridized carbons (Fsp3) is 0.556. The maximum Gasteiger partial charge on any atom is 0.264 e. The van der Waals surface area contributed by atoms with Crippen molar-refractivity contribution in [3.8, 4) is 0 Å². The third-order valence-corrected chi connectivity index (χ3v) is 4.96. The molecule has 23 heavy (non-hydrogen) atoms. The first kappa shape index (κ1) is 18.0. The highest BCUT2D eigenvalue weighted by Crippen LogP contribution is 2.22. The first-order valence-electron chi connectivity index (χ1n) is 8.46. The smallest absolute Gasteiger partial charge is 0.264 e. The lowest BCUT2D eigenvalue weighted by atomic mass is 10.0. The number of unbranched alkanes of at least 4 members (excludes halogenated alkanes) is 7. The molecule has 0 aliphatic heterocycles. The summed E-state index contributed by atoms with van der Waals surface area (Å²) in [6.07, 6.45) is 11.4. The van der Waals surface area contributed by atoms with Gasteiger partial charge in [0.2, 0.25) is 0 Å². The number of aryl methyl sites for hydroxylation is 1. The molecule has 1 aromatic carbocycles. The van der Waals surface area contributed by atoms with E-state index in [0.717, 1.165) is 31.3 Å². The molecule has 1 N–H and O–H groups in total. The Balaban J connectivity index is 1.50. The van der Waals surface area contributed by atoms with E-state index in [9.17, 15) is 8.42 Å². The van der Waals surface area contributed by atoms with Crippen LogP contribution in [0.2, 0.25) is 0 Å². The fourth-order valence-corrected chi connectivity index (χ4v) is 3.46. The van der Waals surface area contributed by atoms with Crippen molar-refractivity contribution in [2.24, 2.45) is 0 Å². The van der Waals surface area contributed by atoms with E-state index in [1.807, 2.05) is 24.5 Å². The number of fused-ring (bicyclic) bond motifs is 1. The summed E-state index contributed by atoms with van der Waals surface area (Å²) in [6.45, 7) is 0. The zero-order valence-electron chi connectivity index (χ0n) is 13.5. The van der Waals surface area contributed by atoms with Crippen molar-refractivity contribution in [3.05, 3.63) is 36.1 Å². The zero-order valence-corrected chi connectivity index (χ0v) is 14.4. The lowest BCUT2D eigenvalue weighted by Gasteiger charge is -2.02. The molecule has 0 saturated carbocycles. The predicted octanol–water partition coefficient (Wildman–Crippen LogP) is 4.98. The predicted molar refractivity (Wildman–Crippen MR) is 93.3 cm³/mol. The van der Waals surface area contributed by atoms with Gasteiger partial charge in [0.05, 0.1) is 12.0 Å². The van der Waals surface area contributed by atoms with Crippen molar-refractivity contribution in [3.63, 3.8) is 0 Å². The monoisotopic (exact) mass is 338 g/mol. The number of rotatable bonds is 11. The van der Waals surface area contributed by atoms with Crippen LogP contribution in [-0.2, 0) is 16.5 Å². The van der Waals surface area contributed by atoms with Crippen LogP contribution in [0, 0.1) is 0 Å². The Morgan fingerprint density at radius 2 is 1.48 bits per heavy atom. The molecule has 0 radical (unpaired) electrons. The van der Waals surface area contributed by atoms with Crippen molar-refractivity contribution in [2.45, 2.75) is 57.8 Å². The number of benzene rings is 1. The second kappa shape index (κ2) is 9.08. The molecule has 128 valence electrons. The van der Waals surface area contributed by atoms with Crippen LogP contribution < -0.4 is 0 Å². The minimum absolute atomic E-state index is 0.105. The van der Waals surface area contributed by atoms with Gasteiger partial charge in [-0.2, -0.15) is 8.42 Å². The van der Waals surface area contributed by atoms with Gasteiger partial charge >= 0.3 is 0 Å². The van der Waals surface area contributed by atoms with Crippen molar-refractivity contribution < 1.29 is 17.4 Å². The standard InChI is InChI=1S/C18H26O4S/c19-23(20,21)14-10-6-4-2-1-3-5-7-11-16-15-22-18-13-9-8-12-17(16)18/h8-9,12-13,15H,1-7,10-11,14H2,(H,19,20,21). The van der Waals surface area contributed by atoms with Gasteiger partial charge in [0.15, 0.2) is 0 Å². The molecule has 0 bridgehead atoms. The van der Waals surface area contributed by atoms with E-state index in [1.165, 1.54) is 36.6 Å². The Labute approximate surface area is 138 Å². The summed E-state index contributed by atoms with van der Waals surface area (Å²) in [6, 6.07) is 8.15. The number of hydrogen-bond donors (Lipinski definition) is 1. The molecule has 2 rings (SSSR count). The minimum atomic E-state index is -3.77. The summed E-state index contributed by atoms with van der Waals surface area (Å²) in [5.74, 6) is -0.105. The summed E-state index contributed by atoms with van der Waals surface area (Å²) in [5.41, 5.74) is 2.26. The van der Waals surface area contributed by atoms with E-state index in [2.05, 4.69) is 6.07 Å². The van der Waals surface area contributed by atoms with Crippen LogP contribution in [0.25, 0.3) is 11.0 Å². The molecule has 0 atom stereocenters. The molecule has 4 nitrogen and oxygen atoms in total. The summed E-state index contributed by atoms with van der Waals surface area (Å²) in [5, 5.41) is 1.23. The van der Waals surface area contributed by atoms with Gasteiger partial charge in [0, 0.05) is 5.39 Å². The number of para-hydroxylation sites is 1. The van der Waals surface area contributed by atoms with E-state index in [1.54, 1.807) is 0 Å². The minimum Gasteiger partial charge on any atom is -0.464 e. The van der Waals surface area contributed by atoms with E-state index in [0.29, 0.717) is 6.42 Å². The zero-order chi connectivity index (χ0) is 16.5. The normalized spacial score (nSPS) is 12.0. The highest BCUT2D eigenvalue weighted by molar-refractivity contribution is 7.85. The van der Waals surface area contributed by atoms with Gasteiger partial charge in [-0.05, 0) is 30.9 Å². The van der Waals surface area contributed by atoms with Crippen molar-refractivity contribution in [2.75, 3.05) is 5.75 Å². The van der Waals surface area contributed by atoms with Crippen LogP contribution in [0.3, 0.4) is 0 Å². The van der Waals surface area contributed by atoms with Gasteiger partial charge in [0.1, 0.15) is 5.58 Å². The van der Waals surface area contributed by atoms with Crippen molar-refractivity contribution in [1.82, 2.24) is 0 Å². The molecule has 0 aliphatic rings. The molecule has 0 fully saturated rings. The third kappa shape index (κ3) is 6.75. The Kier molecular flexibility index (Phi) is 7.12. The molecule has 0 unspecified atom stereocenters. The second-order valence-electron chi connectivity index (χ2n) is 6.12. The van der Waals surface area contributed by atoms with Gasteiger partial charge in [0.25, 0.3) is 10.1 Å². The molecular formula is C18H26O4S. The van der Waals surface area contributed by atoms with E-state index in [-0.39, 0.29) is 5.75 Å². The highest BCUT2D eigenvalue weighted by Gasteiger charge is 2.05. The lowest BCUT2D eigenvalue weighted by molar-refractivity contribution is 0.478. The van der Waals surface area contributed by atoms with E-state index < -0.39 is 10.1 Å². The molecular weight excluding hydrogens is 312 g/mol. The average Bonchev–Trinajstić information content (AvgIpc) is 2.91. The average molecular weight is 338 g/mol. The molecule has 0 aliphatic carbocycles. The molecule has 1 aromatic heterocycles. The van der Waals surface area contributed by atoms with Gasteiger partial charge in [-0.25, -0.2) is 0 Å². The van der Waals surface area contributed by atoms with Crippen LogP contribution in [0.15, 0.2) is 34.9 Å². The highest BCUT2D eigenvalue weighted by atomic mass is 32.2. The van der Waals surface area contributed by atoms with Crippen molar-refractivity contribution >= 4 is 21.1 Å². The third-order valence-electron chi connectivity index (χ3n) is 4.16. The van der Waals surface area contributed by atoms with E-state index in [4.69, 9.17) is 8.97 Å². The van der Waals surface area contributed by atoms with Gasteiger partial charge in [-0.3, -0.25) is 4.55 Å². The van der Waals surface area contributed by atoms with Crippen LogP contribution in [0.1, 0.15) is 56.9 Å². The largest absolute Gasteiger partial charge is 0.464 e. The molecule has 2 aromatic rings. The Bertz CT molecular complexity index is 688. The van der Waals surface area contributed by atoms with Crippen LogP contribution in [-0.4, -0.2) is 18.7 Å². The van der Waals surface area contributed by atoms with Crippen LogP contribution >= 0.6 is 0 Å². The lowest BCUT2D eigenvalue weighted by Crippen LogP contribution is -2.03. The van der Waals surface area contributed by atoms with Crippen LogP contribution in [0.4, 0.5) is 0 Å². The fourth-order valence-electron chi connectivity index (χ4n) is 2.89. The molecule has 5 heteroatoms. The van der Waals surface area contributed by atoms with Crippen molar-refractivity contribution in [1.29, 1.82) is 0 Å². The molecule has 0 saturated heterocycles. The number of hydrogen-bond acceptors (Lipinski definition) is 3. The number of furan rings is 1. The Morgan fingerprint density at radius 1 is 0.870 bits per heavy atom. The first-order valence-corrected chi connectivity index (χ1v) is 10.1. The summed E-state index contributed by atoms with van der Waals surface area (Å²) >= 11 is 0. The van der Waals surface area contributed by atoms with Gasteiger partial charge < -0.3 is 4.42 Å². The molecule has 1 heterocycles. The second-order valence-corrected chi connectivity index (χ2v) is 7.69. The first-order chi connectivity index (χ1) is 11.1. The van der Waals surface area contributed by atoms with Crippen LogP contribution in [0.5, 0.6) is 0 Å². The SMILES string of the molecule is O=S(=O)(O)CCCCCCCCCCc1coc2ccccc12. The molecule has 0 spiro atoms. The quantitative estimate of drug-likeness (QED) is 0.463. The summed E-state index contributed by atoms with van der Waals surface area (Å²) in [4.78, 5) is 0.